The molecular weight excluding hydrogens is 248 g/mol. The number of aromatic nitrogens is 1. The minimum absolute atomic E-state index is 0.132. The first kappa shape index (κ1) is 13.1. The van der Waals surface area contributed by atoms with Crippen LogP contribution in [0.4, 0.5) is 0 Å². The van der Waals surface area contributed by atoms with Crippen LogP contribution in [0.3, 0.4) is 0 Å². The lowest BCUT2D eigenvalue weighted by atomic mass is 9.81. The highest BCUT2D eigenvalue weighted by Gasteiger charge is 2.40. The molecule has 1 aliphatic rings. The third-order valence-electron chi connectivity index (χ3n) is 4.44. The predicted molar refractivity (Wildman–Crippen MR) is 80.4 cm³/mol. The van der Waals surface area contributed by atoms with Gasteiger partial charge < -0.3 is 5.32 Å². The van der Waals surface area contributed by atoms with E-state index in [1.165, 1.54) is 0 Å². The maximum absolute atomic E-state index is 11.6. The van der Waals surface area contributed by atoms with E-state index in [1.807, 2.05) is 18.2 Å². The Morgan fingerprint density at radius 2 is 2.05 bits per heavy atom. The Labute approximate surface area is 119 Å². The summed E-state index contributed by atoms with van der Waals surface area (Å²) in [5.74, 6) is 0.571. The molecule has 104 valence electrons. The second-order valence-electron chi connectivity index (χ2n) is 6.03. The number of hydrogen-bond donors (Lipinski definition) is 1. The molecule has 0 radical (unpaired) electrons. The van der Waals surface area contributed by atoms with E-state index in [0.717, 1.165) is 29.4 Å². The highest BCUT2D eigenvalue weighted by Crippen LogP contribution is 2.31. The van der Waals surface area contributed by atoms with Crippen LogP contribution in [0.25, 0.3) is 10.9 Å². The van der Waals surface area contributed by atoms with Crippen LogP contribution >= 0.6 is 0 Å². The summed E-state index contributed by atoms with van der Waals surface area (Å²) in [5.41, 5.74) is 1.94. The normalized spacial score (nSPS) is 22.4. The Kier molecular flexibility index (Phi) is 3.20. The average Bonchev–Trinajstić information content (AvgIpc) is 2.81. The van der Waals surface area contributed by atoms with Crippen LogP contribution in [0.5, 0.6) is 0 Å². The van der Waals surface area contributed by atoms with Gasteiger partial charge in [-0.05, 0) is 24.5 Å². The van der Waals surface area contributed by atoms with E-state index in [4.69, 9.17) is 4.98 Å². The number of rotatable bonds is 3. The predicted octanol–water partition coefficient (Wildman–Crippen LogP) is 3.08. The first-order chi connectivity index (χ1) is 9.59. The Hall–Kier alpha value is -1.90. The highest BCUT2D eigenvalue weighted by atomic mass is 16.2. The summed E-state index contributed by atoms with van der Waals surface area (Å²) in [6.45, 7) is 4.35. The van der Waals surface area contributed by atoms with E-state index in [-0.39, 0.29) is 11.4 Å². The first-order valence-electron chi connectivity index (χ1n) is 7.25. The van der Waals surface area contributed by atoms with Crippen molar-refractivity contribution >= 4 is 16.8 Å². The summed E-state index contributed by atoms with van der Waals surface area (Å²) in [7, 11) is 0. The molecule has 2 heterocycles. The molecule has 3 nitrogen and oxygen atoms in total. The van der Waals surface area contributed by atoms with Crippen LogP contribution in [0.2, 0.25) is 0 Å². The molecular formula is C17H20N2O. The van der Waals surface area contributed by atoms with E-state index < -0.39 is 0 Å². The van der Waals surface area contributed by atoms with Gasteiger partial charge in [0.15, 0.2) is 0 Å². The summed E-state index contributed by atoms with van der Waals surface area (Å²) < 4.78 is 0. The van der Waals surface area contributed by atoms with Crippen molar-refractivity contribution in [3.8, 4) is 0 Å². The lowest BCUT2D eigenvalue weighted by molar-refractivity contribution is -0.120. The van der Waals surface area contributed by atoms with Crippen molar-refractivity contribution in [1.82, 2.24) is 10.3 Å². The van der Waals surface area contributed by atoms with Gasteiger partial charge in [0.2, 0.25) is 5.91 Å². The molecule has 1 aromatic carbocycles. The Morgan fingerprint density at radius 1 is 1.25 bits per heavy atom. The van der Waals surface area contributed by atoms with Gasteiger partial charge in [0.1, 0.15) is 0 Å². The molecule has 0 saturated carbocycles. The number of nitrogens with one attached hydrogen (secondary N) is 1. The van der Waals surface area contributed by atoms with Crippen LogP contribution in [-0.4, -0.2) is 16.4 Å². The fourth-order valence-electron chi connectivity index (χ4n) is 3.04. The standard InChI is InChI=1S/C17H20N2O/c1-12(2)17(10-9-16(20)19-17)11-14-8-7-13-5-3-4-6-15(13)18-14/h3-8,12H,9-11H2,1-2H3,(H,19,20). The van der Waals surface area contributed by atoms with E-state index in [2.05, 4.69) is 37.4 Å². The smallest absolute Gasteiger partial charge is 0.220 e. The topological polar surface area (TPSA) is 42.0 Å². The van der Waals surface area contributed by atoms with Crippen LogP contribution < -0.4 is 5.32 Å². The molecule has 0 aliphatic carbocycles. The minimum atomic E-state index is -0.132. The van der Waals surface area contributed by atoms with Crippen LogP contribution in [-0.2, 0) is 11.2 Å². The summed E-state index contributed by atoms with van der Waals surface area (Å²) >= 11 is 0. The summed E-state index contributed by atoms with van der Waals surface area (Å²) in [4.78, 5) is 16.4. The second-order valence-corrected chi connectivity index (χ2v) is 6.03. The molecule has 0 bridgehead atoms. The number of amides is 1. The maximum Gasteiger partial charge on any atom is 0.220 e. The van der Waals surface area contributed by atoms with E-state index >= 15 is 0 Å². The Balaban J connectivity index is 1.93. The zero-order valence-corrected chi connectivity index (χ0v) is 12.0. The van der Waals surface area contributed by atoms with Crippen molar-refractivity contribution in [2.24, 2.45) is 5.92 Å². The van der Waals surface area contributed by atoms with Crippen LogP contribution in [0.1, 0.15) is 32.4 Å². The first-order valence-corrected chi connectivity index (χ1v) is 7.25. The highest BCUT2D eigenvalue weighted by molar-refractivity contribution is 5.80. The molecule has 3 rings (SSSR count). The fraction of sp³-hybridized carbons (Fsp3) is 0.412. The van der Waals surface area contributed by atoms with Crippen molar-refractivity contribution in [2.45, 2.75) is 38.6 Å². The zero-order chi connectivity index (χ0) is 14.2. The number of benzene rings is 1. The second kappa shape index (κ2) is 4.89. The van der Waals surface area contributed by atoms with Gasteiger partial charge in [-0.25, -0.2) is 0 Å². The van der Waals surface area contributed by atoms with Gasteiger partial charge in [-0.15, -0.1) is 0 Å². The summed E-state index contributed by atoms with van der Waals surface area (Å²) in [6.07, 6.45) is 2.34. The summed E-state index contributed by atoms with van der Waals surface area (Å²) in [5, 5.41) is 4.34. The number of nitrogens with zero attached hydrogens (tertiary/aromatic N) is 1. The molecule has 1 aromatic heterocycles. The molecule has 1 fully saturated rings. The number of carbonyl (C=O) groups excluding carboxylic acids is 1. The monoisotopic (exact) mass is 268 g/mol. The third-order valence-corrected chi connectivity index (χ3v) is 4.44. The van der Waals surface area contributed by atoms with Gasteiger partial charge in [0.05, 0.1) is 5.52 Å². The summed E-state index contributed by atoms with van der Waals surface area (Å²) in [6, 6.07) is 12.3. The number of fused-ring (bicyclic) bond motifs is 1. The van der Waals surface area contributed by atoms with Gasteiger partial charge in [-0.1, -0.05) is 38.1 Å². The van der Waals surface area contributed by atoms with Gasteiger partial charge in [0, 0.05) is 29.5 Å². The lowest BCUT2D eigenvalue weighted by Crippen LogP contribution is -2.48. The number of para-hydroxylation sites is 1. The third kappa shape index (κ3) is 2.28. The minimum Gasteiger partial charge on any atom is -0.350 e. The molecule has 2 aromatic rings. The number of pyridine rings is 1. The van der Waals surface area contributed by atoms with Crippen molar-refractivity contribution in [3.63, 3.8) is 0 Å². The largest absolute Gasteiger partial charge is 0.350 e. The molecule has 1 amide bonds. The van der Waals surface area contributed by atoms with Crippen molar-refractivity contribution in [3.05, 3.63) is 42.1 Å². The molecule has 1 aliphatic heterocycles. The quantitative estimate of drug-likeness (QED) is 0.929. The van der Waals surface area contributed by atoms with Crippen LogP contribution in [0, 0.1) is 5.92 Å². The van der Waals surface area contributed by atoms with Gasteiger partial charge >= 0.3 is 0 Å². The van der Waals surface area contributed by atoms with Crippen LogP contribution in [0.15, 0.2) is 36.4 Å². The molecule has 1 saturated heterocycles. The zero-order valence-electron chi connectivity index (χ0n) is 12.0. The van der Waals surface area contributed by atoms with Gasteiger partial charge in [-0.3, -0.25) is 9.78 Å². The molecule has 1 atom stereocenters. The fourth-order valence-corrected chi connectivity index (χ4v) is 3.04. The maximum atomic E-state index is 11.6. The van der Waals surface area contributed by atoms with E-state index in [0.29, 0.717) is 12.3 Å². The SMILES string of the molecule is CC(C)C1(Cc2ccc3ccccc3n2)CCC(=O)N1. The molecule has 3 heteroatoms. The van der Waals surface area contributed by atoms with Crippen molar-refractivity contribution < 1.29 is 4.79 Å². The Bertz CT molecular complexity index is 650. The molecule has 1 N–H and O–H groups in total. The van der Waals surface area contributed by atoms with E-state index in [1.54, 1.807) is 0 Å². The average molecular weight is 268 g/mol. The van der Waals surface area contributed by atoms with E-state index in [9.17, 15) is 4.79 Å². The number of carbonyl (C=O) groups is 1. The van der Waals surface area contributed by atoms with Crippen molar-refractivity contribution in [1.29, 1.82) is 0 Å². The molecule has 20 heavy (non-hydrogen) atoms. The molecule has 1 unspecified atom stereocenters. The Morgan fingerprint density at radius 3 is 2.75 bits per heavy atom. The van der Waals surface area contributed by atoms with Crippen molar-refractivity contribution in [2.75, 3.05) is 0 Å². The molecule has 0 spiro atoms. The lowest BCUT2D eigenvalue weighted by Gasteiger charge is -2.33. The number of hydrogen-bond acceptors (Lipinski definition) is 2. The van der Waals surface area contributed by atoms with Gasteiger partial charge in [0.25, 0.3) is 0 Å². The van der Waals surface area contributed by atoms with Gasteiger partial charge in [-0.2, -0.15) is 0 Å².